The summed E-state index contributed by atoms with van der Waals surface area (Å²) in [6, 6.07) is 0. The largest absolute Gasteiger partial charge is 0.338 e. The number of alkyl halides is 1. The van der Waals surface area contributed by atoms with E-state index in [0.717, 1.165) is 31.6 Å². The van der Waals surface area contributed by atoms with Gasteiger partial charge in [-0.15, -0.1) is 11.6 Å². The summed E-state index contributed by atoms with van der Waals surface area (Å²) in [5.74, 6) is 1.14. The molecule has 1 aromatic rings. The third-order valence-electron chi connectivity index (χ3n) is 3.08. The number of aryl methyl sites for hydroxylation is 1. The number of carbonyl (C=O) groups excluding carboxylic acids is 1. The Bertz CT molecular complexity index is 377. The number of nitrogens with zero attached hydrogens (tertiary/aromatic N) is 2. The molecule has 2 rings (SSSR count). The molecule has 1 saturated heterocycles. The first-order chi connectivity index (χ1) is 7.72. The Hall–Kier alpha value is -1.03. The molecule has 1 aromatic heterocycles. The smallest absolute Gasteiger partial charge is 0.257 e. The van der Waals surface area contributed by atoms with Gasteiger partial charge in [0, 0.05) is 24.7 Å². The van der Waals surface area contributed by atoms with Gasteiger partial charge in [0.1, 0.15) is 0 Å². The molecule has 1 N–H and O–H groups in total. The molecule has 1 unspecified atom stereocenters. The van der Waals surface area contributed by atoms with Crippen LogP contribution in [0, 0.1) is 12.8 Å². The Balaban J connectivity index is 2.07. The Morgan fingerprint density at radius 3 is 3.19 bits per heavy atom. The number of aromatic amines is 1. The second-order valence-corrected chi connectivity index (χ2v) is 4.63. The van der Waals surface area contributed by atoms with Crippen molar-refractivity contribution in [3.8, 4) is 0 Å². The van der Waals surface area contributed by atoms with Crippen molar-refractivity contribution in [3.63, 3.8) is 0 Å². The minimum atomic E-state index is 0.0704. The van der Waals surface area contributed by atoms with Crippen LogP contribution in [0.5, 0.6) is 0 Å². The monoisotopic (exact) mass is 241 g/mol. The molecule has 4 nitrogen and oxygen atoms in total. The van der Waals surface area contributed by atoms with E-state index in [-0.39, 0.29) is 5.91 Å². The lowest BCUT2D eigenvalue weighted by molar-refractivity contribution is 0.0684. The van der Waals surface area contributed by atoms with Crippen molar-refractivity contribution in [2.75, 3.05) is 19.0 Å². The van der Waals surface area contributed by atoms with E-state index in [2.05, 4.69) is 10.2 Å². The van der Waals surface area contributed by atoms with E-state index in [1.165, 1.54) is 0 Å². The summed E-state index contributed by atoms with van der Waals surface area (Å²) in [6.07, 6.45) is 3.76. The molecule has 2 heterocycles. The van der Waals surface area contributed by atoms with Crippen LogP contribution in [0.4, 0.5) is 0 Å². The van der Waals surface area contributed by atoms with Crippen molar-refractivity contribution in [1.29, 1.82) is 0 Å². The number of halogens is 1. The molecule has 1 fully saturated rings. The summed E-state index contributed by atoms with van der Waals surface area (Å²) in [7, 11) is 0. The maximum absolute atomic E-state index is 12.2. The van der Waals surface area contributed by atoms with Crippen LogP contribution in [0.25, 0.3) is 0 Å². The second kappa shape index (κ2) is 4.87. The first-order valence-electron chi connectivity index (χ1n) is 5.57. The normalized spacial score (nSPS) is 21.1. The van der Waals surface area contributed by atoms with Gasteiger partial charge in [0.2, 0.25) is 0 Å². The molecule has 1 atom stereocenters. The van der Waals surface area contributed by atoms with Crippen LogP contribution in [0.1, 0.15) is 28.9 Å². The lowest BCUT2D eigenvalue weighted by Gasteiger charge is -2.31. The first-order valence-corrected chi connectivity index (χ1v) is 6.11. The number of likely N-dealkylation sites (tertiary alicyclic amines) is 1. The highest BCUT2D eigenvalue weighted by atomic mass is 35.5. The fraction of sp³-hybridized carbons (Fsp3) is 0.636. The van der Waals surface area contributed by atoms with Crippen LogP contribution in [-0.2, 0) is 0 Å². The van der Waals surface area contributed by atoms with Crippen molar-refractivity contribution in [1.82, 2.24) is 15.1 Å². The van der Waals surface area contributed by atoms with Gasteiger partial charge in [0.25, 0.3) is 5.91 Å². The molecule has 0 saturated carbocycles. The van der Waals surface area contributed by atoms with Crippen LogP contribution in [0.3, 0.4) is 0 Å². The highest BCUT2D eigenvalue weighted by Gasteiger charge is 2.25. The van der Waals surface area contributed by atoms with Gasteiger partial charge in [-0.05, 0) is 25.7 Å². The Morgan fingerprint density at radius 1 is 1.75 bits per heavy atom. The minimum absolute atomic E-state index is 0.0704. The number of amides is 1. The molecule has 88 valence electrons. The summed E-state index contributed by atoms with van der Waals surface area (Å²) in [4.78, 5) is 14.0. The van der Waals surface area contributed by atoms with Gasteiger partial charge in [-0.25, -0.2) is 0 Å². The molecule has 1 amide bonds. The number of rotatable bonds is 2. The number of hydrogen-bond donors (Lipinski definition) is 1. The molecule has 0 aromatic carbocycles. The lowest BCUT2D eigenvalue weighted by Crippen LogP contribution is -2.40. The zero-order valence-corrected chi connectivity index (χ0v) is 10.1. The fourth-order valence-electron chi connectivity index (χ4n) is 2.11. The van der Waals surface area contributed by atoms with Crippen LogP contribution >= 0.6 is 11.6 Å². The number of H-pyrrole nitrogens is 1. The number of aromatic nitrogens is 2. The Morgan fingerprint density at radius 2 is 2.56 bits per heavy atom. The lowest BCUT2D eigenvalue weighted by atomic mass is 9.99. The van der Waals surface area contributed by atoms with E-state index in [0.29, 0.717) is 17.4 Å². The standard InChI is InChI=1S/C11H16ClN3O/c1-8-10(6-13-14-8)11(16)15-4-2-3-9(5-12)7-15/h6,9H,2-5,7H2,1H3,(H,13,14). The van der Waals surface area contributed by atoms with Gasteiger partial charge in [-0.1, -0.05) is 0 Å². The van der Waals surface area contributed by atoms with E-state index >= 15 is 0 Å². The zero-order valence-electron chi connectivity index (χ0n) is 9.37. The van der Waals surface area contributed by atoms with E-state index in [1.54, 1.807) is 6.20 Å². The van der Waals surface area contributed by atoms with Gasteiger partial charge in [-0.2, -0.15) is 5.10 Å². The van der Waals surface area contributed by atoms with Crippen LogP contribution in [-0.4, -0.2) is 40.0 Å². The second-order valence-electron chi connectivity index (χ2n) is 4.32. The molecular formula is C11H16ClN3O. The Labute approximate surface area is 100.0 Å². The average Bonchev–Trinajstić information content (AvgIpc) is 2.74. The van der Waals surface area contributed by atoms with E-state index in [4.69, 9.17) is 11.6 Å². The van der Waals surface area contributed by atoms with E-state index in [1.807, 2.05) is 11.8 Å². The quantitative estimate of drug-likeness (QED) is 0.803. The van der Waals surface area contributed by atoms with Crippen molar-refractivity contribution < 1.29 is 4.79 Å². The summed E-state index contributed by atoms with van der Waals surface area (Å²) in [6.45, 7) is 3.47. The number of hydrogen-bond acceptors (Lipinski definition) is 2. The molecule has 5 heteroatoms. The van der Waals surface area contributed by atoms with Crippen LogP contribution in [0.2, 0.25) is 0 Å². The third-order valence-corrected chi connectivity index (χ3v) is 3.52. The predicted octanol–water partition coefficient (Wildman–Crippen LogP) is 1.81. The summed E-state index contributed by atoms with van der Waals surface area (Å²) < 4.78 is 0. The van der Waals surface area contributed by atoms with Gasteiger partial charge in [0.15, 0.2) is 0 Å². The fourth-order valence-corrected chi connectivity index (χ4v) is 2.36. The van der Waals surface area contributed by atoms with Gasteiger partial charge >= 0.3 is 0 Å². The maximum atomic E-state index is 12.2. The summed E-state index contributed by atoms with van der Waals surface area (Å²) in [5.41, 5.74) is 1.51. The van der Waals surface area contributed by atoms with Gasteiger partial charge in [-0.3, -0.25) is 9.89 Å². The number of carbonyl (C=O) groups is 1. The topological polar surface area (TPSA) is 49.0 Å². The Kier molecular flexibility index (Phi) is 3.49. The van der Waals surface area contributed by atoms with Crippen molar-refractivity contribution in [2.45, 2.75) is 19.8 Å². The summed E-state index contributed by atoms with van der Waals surface area (Å²) in [5, 5.41) is 6.67. The van der Waals surface area contributed by atoms with Gasteiger partial charge in [0.05, 0.1) is 11.8 Å². The van der Waals surface area contributed by atoms with Crippen LogP contribution in [0.15, 0.2) is 6.20 Å². The molecule has 0 spiro atoms. The minimum Gasteiger partial charge on any atom is -0.338 e. The number of nitrogens with one attached hydrogen (secondary N) is 1. The van der Waals surface area contributed by atoms with Crippen molar-refractivity contribution >= 4 is 17.5 Å². The van der Waals surface area contributed by atoms with E-state index in [9.17, 15) is 4.79 Å². The zero-order chi connectivity index (χ0) is 11.5. The third kappa shape index (κ3) is 2.21. The maximum Gasteiger partial charge on any atom is 0.257 e. The number of piperidine rings is 1. The highest BCUT2D eigenvalue weighted by Crippen LogP contribution is 2.20. The first kappa shape index (κ1) is 11.5. The van der Waals surface area contributed by atoms with Crippen LogP contribution < -0.4 is 0 Å². The SMILES string of the molecule is Cc1[nH]ncc1C(=O)N1CCCC(CCl)C1. The average molecular weight is 242 g/mol. The molecule has 1 aliphatic rings. The molecule has 0 bridgehead atoms. The van der Waals surface area contributed by atoms with Crippen molar-refractivity contribution in [3.05, 3.63) is 17.5 Å². The molecule has 16 heavy (non-hydrogen) atoms. The molecular weight excluding hydrogens is 226 g/mol. The van der Waals surface area contributed by atoms with E-state index < -0.39 is 0 Å². The highest BCUT2D eigenvalue weighted by molar-refractivity contribution is 6.18. The predicted molar refractivity (Wildman–Crippen MR) is 62.7 cm³/mol. The molecule has 0 aliphatic carbocycles. The summed E-state index contributed by atoms with van der Waals surface area (Å²) >= 11 is 5.85. The van der Waals surface area contributed by atoms with Gasteiger partial charge < -0.3 is 4.90 Å². The van der Waals surface area contributed by atoms with Crippen molar-refractivity contribution in [2.24, 2.45) is 5.92 Å². The molecule has 0 radical (unpaired) electrons. The molecule has 1 aliphatic heterocycles.